The highest BCUT2D eigenvalue weighted by Crippen LogP contribution is 2.20. The molecule has 0 aliphatic heterocycles. The zero-order valence-electron chi connectivity index (χ0n) is 9.29. The van der Waals surface area contributed by atoms with E-state index in [0.29, 0.717) is 12.5 Å². The molecule has 0 heterocycles. The van der Waals surface area contributed by atoms with Crippen molar-refractivity contribution in [3.63, 3.8) is 0 Å². The van der Waals surface area contributed by atoms with Crippen molar-refractivity contribution in [3.05, 3.63) is 0 Å². The fourth-order valence-electron chi connectivity index (χ4n) is 0.821. The molecule has 0 aliphatic carbocycles. The molecule has 0 aliphatic rings. The molecule has 0 radical (unpaired) electrons. The Kier molecular flexibility index (Phi) is 4.40. The number of hydrogen-bond donors (Lipinski definition) is 1. The van der Waals surface area contributed by atoms with Crippen LogP contribution in [0.2, 0.25) is 0 Å². The SMILES string of the molecule is CC(C)N(C)CCC(C)(C)C(=O)O. The number of carboxylic acid groups (broad SMARTS) is 1. The highest BCUT2D eigenvalue weighted by Gasteiger charge is 2.27. The van der Waals surface area contributed by atoms with Crippen molar-refractivity contribution in [1.82, 2.24) is 4.90 Å². The Morgan fingerprint density at radius 2 is 1.92 bits per heavy atom. The summed E-state index contributed by atoms with van der Waals surface area (Å²) in [6.45, 7) is 8.57. The molecule has 0 saturated carbocycles. The molecule has 0 amide bonds. The van der Waals surface area contributed by atoms with Crippen LogP contribution in [0.4, 0.5) is 0 Å². The standard InChI is InChI=1S/C10H21NO2/c1-8(2)11(5)7-6-10(3,4)9(12)13/h8H,6-7H2,1-5H3,(H,12,13). The van der Waals surface area contributed by atoms with Gasteiger partial charge in [0, 0.05) is 6.04 Å². The minimum Gasteiger partial charge on any atom is -0.481 e. The number of nitrogens with zero attached hydrogens (tertiary/aromatic N) is 1. The third-order valence-electron chi connectivity index (χ3n) is 2.55. The van der Waals surface area contributed by atoms with Gasteiger partial charge in [-0.05, 0) is 47.7 Å². The molecule has 1 N–H and O–H groups in total. The predicted octanol–water partition coefficient (Wildman–Crippen LogP) is 1.83. The first-order valence-corrected chi connectivity index (χ1v) is 4.71. The molecule has 13 heavy (non-hydrogen) atoms. The molecule has 3 nitrogen and oxygen atoms in total. The van der Waals surface area contributed by atoms with Crippen LogP contribution in [0, 0.1) is 5.41 Å². The van der Waals surface area contributed by atoms with Crippen LogP contribution in [0.3, 0.4) is 0 Å². The van der Waals surface area contributed by atoms with E-state index in [1.54, 1.807) is 13.8 Å². The van der Waals surface area contributed by atoms with E-state index in [1.165, 1.54) is 0 Å². The predicted molar refractivity (Wildman–Crippen MR) is 53.8 cm³/mol. The van der Waals surface area contributed by atoms with Crippen molar-refractivity contribution in [1.29, 1.82) is 0 Å². The maximum Gasteiger partial charge on any atom is 0.309 e. The molecule has 0 rings (SSSR count). The number of rotatable bonds is 5. The van der Waals surface area contributed by atoms with Crippen molar-refractivity contribution in [2.24, 2.45) is 5.41 Å². The van der Waals surface area contributed by atoms with E-state index in [-0.39, 0.29) is 0 Å². The summed E-state index contributed by atoms with van der Waals surface area (Å²) in [5, 5.41) is 8.87. The van der Waals surface area contributed by atoms with E-state index in [4.69, 9.17) is 5.11 Å². The lowest BCUT2D eigenvalue weighted by atomic mass is 9.89. The molecule has 0 spiro atoms. The van der Waals surface area contributed by atoms with Crippen molar-refractivity contribution in [2.75, 3.05) is 13.6 Å². The quantitative estimate of drug-likeness (QED) is 0.713. The maximum absolute atomic E-state index is 10.8. The van der Waals surface area contributed by atoms with Gasteiger partial charge in [-0.25, -0.2) is 0 Å². The number of aliphatic carboxylic acids is 1. The van der Waals surface area contributed by atoms with Gasteiger partial charge in [-0.2, -0.15) is 0 Å². The molecule has 0 unspecified atom stereocenters. The number of carboxylic acids is 1. The lowest BCUT2D eigenvalue weighted by Crippen LogP contribution is -2.33. The van der Waals surface area contributed by atoms with Crippen molar-refractivity contribution in [2.45, 2.75) is 40.2 Å². The molecule has 78 valence electrons. The molecule has 0 bridgehead atoms. The Balaban J connectivity index is 3.95. The molecule has 0 saturated heterocycles. The van der Waals surface area contributed by atoms with Gasteiger partial charge in [0.15, 0.2) is 0 Å². The fourth-order valence-corrected chi connectivity index (χ4v) is 0.821. The Labute approximate surface area is 80.7 Å². The summed E-state index contributed by atoms with van der Waals surface area (Å²) >= 11 is 0. The molecular weight excluding hydrogens is 166 g/mol. The minimum atomic E-state index is -0.718. The van der Waals surface area contributed by atoms with Crippen LogP contribution in [0.1, 0.15) is 34.1 Å². The second-order valence-electron chi connectivity index (χ2n) is 4.51. The Hall–Kier alpha value is -0.570. The van der Waals surface area contributed by atoms with E-state index in [9.17, 15) is 4.79 Å². The van der Waals surface area contributed by atoms with Crippen LogP contribution < -0.4 is 0 Å². The first-order chi connectivity index (χ1) is 5.77. The fraction of sp³-hybridized carbons (Fsp3) is 0.900. The van der Waals surface area contributed by atoms with Crippen LogP contribution in [0.15, 0.2) is 0 Å². The van der Waals surface area contributed by atoms with E-state index < -0.39 is 11.4 Å². The molecule has 0 aromatic rings. The molecule has 3 heteroatoms. The Morgan fingerprint density at radius 3 is 2.23 bits per heavy atom. The van der Waals surface area contributed by atoms with Crippen LogP contribution in [0.25, 0.3) is 0 Å². The van der Waals surface area contributed by atoms with Crippen molar-refractivity contribution in [3.8, 4) is 0 Å². The highest BCUT2D eigenvalue weighted by molar-refractivity contribution is 5.73. The first-order valence-electron chi connectivity index (χ1n) is 4.71. The van der Waals surface area contributed by atoms with E-state index >= 15 is 0 Å². The van der Waals surface area contributed by atoms with Crippen LogP contribution >= 0.6 is 0 Å². The van der Waals surface area contributed by atoms with Gasteiger partial charge >= 0.3 is 5.97 Å². The number of carbonyl (C=O) groups is 1. The summed E-state index contributed by atoms with van der Waals surface area (Å²) in [5.41, 5.74) is -0.608. The molecule has 0 atom stereocenters. The topological polar surface area (TPSA) is 40.5 Å². The van der Waals surface area contributed by atoms with Crippen LogP contribution in [-0.2, 0) is 4.79 Å². The van der Waals surface area contributed by atoms with Gasteiger partial charge in [-0.3, -0.25) is 4.79 Å². The summed E-state index contributed by atoms with van der Waals surface area (Å²) < 4.78 is 0. The third kappa shape index (κ3) is 4.27. The lowest BCUT2D eigenvalue weighted by molar-refractivity contribution is -0.147. The minimum absolute atomic E-state index is 0.476. The maximum atomic E-state index is 10.8. The zero-order chi connectivity index (χ0) is 10.6. The average molecular weight is 187 g/mol. The molecule has 0 aromatic heterocycles. The van der Waals surface area contributed by atoms with Gasteiger partial charge in [0.25, 0.3) is 0 Å². The summed E-state index contributed by atoms with van der Waals surface area (Å²) in [5.74, 6) is -0.718. The average Bonchev–Trinajstić information content (AvgIpc) is 1.99. The van der Waals surface area contributed by atoms with E-state index in [1.807, 2.05) is 7.05 Å². The molecular formula is C10H21NO2. The van der Waals surface area contributed by atoms with Gasteiger partial charge < -0.3 is 10.0 Å². The van der Waals surface area contributed by atoms with Gasteiger partial charge in [0.1, 0.15) is 0 Å². The first kappa shape index (κ1) is 12.4. The van der Waals surface area contributed by atoms with Crippen LogP contribution in [0.5, 0.6) is 0 Å². The summed E-state index contributed by atoms with van der Waals surface area (Å²) in [4.78, 5) is 12.9. The Bertz CT molecular complexity index is 176. The molecule has 0 fully saturated rings. The summed E-state index contributed by atoms with van der Waals surface area (Å²) in [6.07, 6.45) is 0.691. The summed E-state index contributed by atoms with van der Waals surface area (Å²) in [6, 6.07) is 0.476. The highest BCUT2D eigenvalue weighted by atomic mass is 16.4. The second-order valence-corrected chi connectivity index (χ2v) is 4.51. The normalized spacial score (nSPS) is 12.5. The monoisotopic (exact) mass is 187 g/mol. The zero-order valence-corrected chi connectivity index (χ0v) is 9.29. The van der Waals surface area contributed by atoms with Gasteiger partial charge in [-0.15, -0.1) is 0 Å². The van der Waals surface area contributed by atoms with Gasteiger partial charge in [0.2, 0.25) is 0 Å². The third-order valence-corrected chi connectivity index (χ3v) is 2.55. The van der Waals surface area contributed by atoms with Gasteiger partial charge in [-0.1, -0.05) is 0 Å². The van der Waals surface area contributed by atoms with Crippen LogP contribution in [-0.4, -0.2) is 35.6 Å². The van der Waals surface area contributed by atoms with E-state index in [0.717, 1.165) is 6.54 Å². The van der Waals surface area contributed by atoms with Crippen molar-refractivity contribution < 1.29 is 9.90 Å². The molecule has 0 aromatic carbocycles. The lowest BCUT2D eigenvalue weighted by Gasteiger charge is -2.26. The van der Waals surface area contributed by atoms with Crippen molar-refractivity contribution >= 4 is 5.97 Å². The summed E-state index contributed by atoms with van der Waals surface area (Å²) in [7, 11) is 2.02. The Morgan fingerprint density at radius 1 is 1.46 bits per heavy atom. The largest absolute Gasteiger partial charge is 0.481 e. The van der Waals surface area contributed by atoms with Gasteiger partial charge in [0.05, 0.1) is 5.41 Å². The van der Waals surface area contributed by atoms with E-state index in [2.05, 4.69) is 18.7 Å². The number of hydrogen-bond acceptors (Lipinski definition) is 2. The second kappa shape index (κ2) is 4.61. The smallest absolute Gasteiger partial charge is 0.309 e.